The molecule has 1 aliphatic rings. The van der Waals surface area contributed by atoms with Gasteiger partial charge in [-0.2, -0.15) is 0 Å². The molecule has 1 saturated heterocycles. The van der Waals surface area contributed by atoms with Crippen LogP contribution < -0.4 is 16.6 Å². The number of aromatic nitrogens is 2. The molecule has 1 aromatic heterocycles. The molecule has 5 nitrogen and oxygen atoms in total. The summed E-state index contributed by atoms with van der Waals surface area (Å²) in [5.41, 5.74) is -0.598. The molecule has 0 bridgehead atoms. The van der Waals surface area contributed by atoms with E-state index >= 15 is 0 Å². The van der Waals surface area contributed by atoms with Crippen LogP contribution in [0.15, 0.2) is 27.8 Å². The van der Waals surface area contributed by atoms with Crippen LogP contribution in [0.3, 0.4) is 0 Å². The Bertz CT molecular complexity index is 757. The Labute approximate surface area is 108 Å². The SMILES string of the molecule is Cn1c(=O)n(C2CCNC2)c(=O)c2c(F)cccc21. The van der Waals surface area contributed by atoms with Crippen molar-refractivity contribution < 1.29 is 4.39 Å². The van der Waals surface area contributed by atoms with Crippen LogP contribution in [-0.4, -0.2) is 22.2 Å². The van der Waals surface area contributed by atoms with E-state index in [1.54, 1.807) is 13.1 Å². The van der Waals surface area contributed by atoms with Gasteiger partial charge in [-0.15, -0.1) is 0 Å². The van der Waals surface area contributed by atoms with E-state index in [0.29, 0.717) is 18.5 Å². The van der Waals surface area contributed by atoms with Crippen LogP contribution in [0.4, 0.5) is 4.39 Å². The fourth-order valence-electron chi connectivity index (χ4n) is 2.66. The summed E-state index contributed by atoms with van der Waals surface area (Å²) in [7, 11) is 1.56. The minimum atomic E-state index is -0.585. The number of hydrogen-bond acceptors (Lipinski definition) is 3. The predicted octanol–water partition coefficient (Wildman–Crippen LogP) is 0.374. The highest BCUT2D eigenvalue weighted by atomic mass is 19.1. The van der Waals surface area contributed by atoms with Crippen LogP contribution in [0, 0.1) is 5.82 Å². The topological polar surface area (TPSA) is 56.0 Å². The Morgan fingerprint density at radius 3 is 2.84 bits per heavy atom. The van der Waals surface area contributed by atoms with Gasteiger partial charge in [0.25, 0.3) is 5.56 Å². The number of benzene rings is 1. The van der Waals surface area contributed by atoms with E-state index in [-0.39, 0.29) is 11.4 Å². The molecule has 1 aliphatic heterocycles. The molecule has 19 heavy (non-hydrogen) atoms. The predicted molar refractivity (Wildman–Crippen MR) is 69.9 cm³/mol. The molecule has 0 aliphatic carbocycles. The van der Waals surface area contributed by atoms with E-state index in [1.807, 2.05) is 0 Å². The first-order valence-corrected chi connectivity index (χ1v) is 6.21. The van der Waals surface area contributed by atoms with Crippen LogP contribution in [0.5, 0.6) is 0 Å². The zero-order valence-corrected chi connectivity index (χ0v) is 10.5. The Balaban J connectivity index is 2.43. The smallest absolute Gasteiger partial charge is 0.315 e. The van der Waals surface area contributed by atoms with Crippen LogP contribution >= 0.6 is 0 Å². The van der Waals surface area contributed by atoms with Crippen LogP contribution in [-0.2, 0) is 7.05 Å². The summed E-state index contributed by atoms with van der Waals surface area (Å²) in [6.07, 6.45) is 0.703. The van der Waals surface area contributed by atoms with E-state index in [2.05, 4.69) is 5.32 Å². The summed E-state index contributed by atoms with van der Waals surface area (Å²) in [6.45, 7) is 1.32. The van der Waals surface area contributed by atoms with Gasteiger partial charge in [-0.25, -0.2) is 9.18 Å². The lowest BCUT2D eigenvalue weighted by Crippen LogP contribution is -2.42. The first-order valence-electron chi connectivity index (χ1n) is 6.21. The number of fused-ring (bicyclic) bond motifs is 1. The van der Waals surface area contributed by atoms with Crippen molar-refractivity contribution in [2.45, 2.75) is 12.5 Å². The second-order valence-electron chi connectivity index (χ2n) is 4.80. The van der Waals surface area contributed by atoms with E-state index in [4.69, 9.17) is 0 Å². The minimum Gasteiger partial charge on any atom is -0.315 e. The van der Waals surface area contributed by atoms with Crippen LogP contribution in [0.2, 0.25) is 0 Å². The van der Waals surface area contributed by atoms with E-state index in [9.17, 15) is 14.0 Å². The Morgan fingerprint density at radius 1 is 1.37 bits per heavy atom. The van der Waals surface area contributed by atoms with Gasteiger partial charge in [0.05, 0.1) is 16.9 Å². The van der Waals surface area contributed by atoms with E-state index in [0.717, 1.165) is 6.54 Å². The van der Waals surface area contributed by atoms with Crippen molar-refractivity contribution in [2.24, 2.45) is 7.05 Å². The molecular formula is C13H14FN3O2. The summed E-state index contributed by atoms with van der Waals surface area (Å²) in [5.74, 6) is -0.585. The Kier molecular flexibility index (Phi) is 2.74. The van der Waals surface area contributed by atoms with Gasteiger partial charge < -0.3 is 5.32 Å². The highest BCUT2D eigenvalue weighted by Gasteiger charge is 2.23. The molecule has 6 heteroatoms. The van der Waals surface area contributed by atoms with Gasteiger partial charge in [0.1, 0.15) is 5.82 Å². The number of aryl methyl sites for hydroxylation is 1. The van der Waals surface area contributed by atoms with E-state index in [1.165, 1.54) is 21.3 Å². The Morgan fingerprint density at radius 2 is 2.16 bits per heavy atom. The van der Waals surface area contributed by atoms with E-state index < -0.39 is 17.1 Å². The Hall–Kier alpha value is -1.95. The van der Waals surface area contributed by atoms with Crippen molar-refractivity contribution in [3.05, 3.63) is 44.9 Å². The maximum atomic E-state index is 13.9. The zero-order valence-electron chi connectivity index (χ0n) is 10.5. The highest BCUT2D eigenvalue weighted by Crippen LogP contribution is 2.15. The van der Waals surface area contributed by atoms with Crippen LogP contribution in [0.25, 0.3) is 10.9 Å². The normalized spacial score (nSPS) is 19.2. The second kappa shape index (κ2) is 4.31. The lowest BCUT2D eigenvalue weighted by Gasteiger charge is -2.15. The van der Waals surface area contributed by atoms with Gasteiger partial charge in [-0.1, -0.05) is 6.07 Å². The molecular weight excluding hydrogens is 249 g/mol. The quantitative estimate of drug-likeness (QED) is 0.809. The molecule has 1 aromatic carbocycles. The maximum absolute atomic E-state index is 13.9. The first kappa shape index (κ1) is 12.1. The number of nitrogens with zero attached hydrogens (tertiary/aromatic N) is 2. The molecule has 0 amide bonds. The molecule has 2 aromatic rings. The molecule has 1 N–H and O–H groups in total. The third kappa shape index (κ3) is 1.71. The third-order valence-corrected chi connectivity index (χ3v) is 3.68. The molecule has 1 atom stereocenters. The molecule has 2 heterocycles. The summed E-state index contributed by atoms with van der Waals surface area (Å²) in [6, 6.07) is 4.12. The number of rotatable bonds is 1. The van der Waals surface area contributed by atoms with Crippen LogP contribution in [0.1, 0.15) is 12.5 Å². The average molecular weight is 263 g/mol. The van der Waals surface area contributed by atoms with Gasteiger partial charge >= 0.3 is 5.69 Å². The largest absolute Gasteiger partial charge is 0.331 e. The molecule has 0 spiro atoms. The van der Waals surface area contributed by atoms with Crippen molar-refractivity contribution in [3.8, 4) is 0 Å². The fourth-order valence-corrected chi connectivity index (χ4v) is 2.66. The first-order chi connectivity index (χ1) is 9.11. The van der Waals surface area contributed by atoms with Gasteiger partial charge in [-0.05, 0) is 25.1 Å². The number of halogens is 1. The molecule has 0 radical (unpaired) electrons. The average Bonchev–Trinajstić information content (AvgIpc) is 2.90. The zero-order chi connectivity index (χ0) is 13.6. The summed E-state index contributed by atoms with van der Waals surface area (Å²) >= 11 is 0. The highest BCUT2D eigenvalue weighted by molar-refractivity contribution is 5.78. The van der Waals surface area contributed by atoms with Crippen molar-refractivity contribution >= 4 is 10.9 Å². The van der Waals surface area contributed by atoms with Gasteiger partial charge in [-0.3, -0.25) is 13.9 Å². The number of hydrogen-bond donors (Lipinski definition) is 1. The number of nitrogens with one attached hydrogen (secondary N) is 1. The monoisotopic (exact) mass is 263 g/mol. The molecule has 100 valence electrons. The molecule has 1 fully saturated rings. The standard InChI is InChI=1S/C13H14FN3O2/c1-16-10-4-2-3-9(14)11(10)12(18)17(13(16)19)8-5-6-15-7-8/h2-4,8,15H,5-7H2,1H3. The molecule has 0 saturated carbocycles. The summed E-state index contributed by atoms with van der Waals surface area (Å²) in [5, 5.41) is 3.09. The van der Waals surface area contributed by atoms with Crippen molar-refractivity contribution in [1.29, 1.82) is 0 Å². The summed E-state index contributed by atoms with van der Waals surface area (Å²) < 4.78 is 16.4. The third-order valence-electron chi connectivity index (χ3n) is 3.68. The maximum Gasteiger partial charge on any atom is 0.331 e. The van der Waals surface area contributed by atoms with Crippen molar-refractivity contribution in [1.82, 2.24) is 14.5 Å². The summed E-state index contributed by atoms with van der Waals surface area (Å²) in [4.78, 5) is 24.7. The molecule has 1 unspecified atom stereocenters. The van der Waals surface area contributed by atoms with Gasteiger partial charge in [0, 0.05) is 13.6 Å². The lowest BCUT2D eigenvalue weighted by atomic mass is 10.2. The lowest BCUT2D eigenvalue weighted by molar-refractivity contribution is 0.491. The fraction of sp³-hybridized carbons (Fsp3) is 0.385. The van der Waals surface area contributed by atoms with Crippen molar-refractivity contribution in [3.63, 3.8) is 0 Å². The van der Waals surface area contributed by atoms with Gasteiger partial charge in [0.15, 0.2) is 0 Å². The molecule has 3 rings (SSSR count). The minimum absolute atomic E-state index is 0.0171. The second-order valence-corrected chi connectivity index (χ2v) is 4.80. The van der Waals surface area contributed by atoms with Gasteiger partial charge in [0.2, 0.25) is 0 Å². The van der Waals surface area contributed by atoms with Crippen molar-refractivity contribution in [2.75, 3.05) is 13.1 Å².